The number of ether oxygens (including phenoxy) is 1. The number of halogens is 1. The molecule has 0 N–H and O–H groups in total. The Labute approximate surface area is 124 Å². The highest BCUT2D eigenvalue weighted by Crippen LogP contribution is 2.21. The van der Waals surface area contributed by atoms with Gasteiger partial charge < -0.3 is 4.74 Å². The molecule has 2 aromatic rings. The number of carbonyl (C=O) groups excluding carboxylic acids is 1. The smallest absolute Gasteiger partial charge is 0.200 e. The minimum absolute atomic E-state index is 0.0150. The van der Waals surface area contributed by atoms with Crippen molar-refractivity contribution in [1.82, 2.24) is 0 Å². The molecule has 2 aromatic carbocycles. The normalized spacial score (nSPS) is 10.4. The molecule has 3 heteroatoms. The van der Waals surface area contributed by atoms with Gasteiger partial charge in [0.05, 0.1) is 0 Å². The number of aryl methyl sites for hydroxylation is 3. The maximum absolute atomic E-state index is 12.2. The van der Waals surface area contributed by atoms with E-state index in [1.807, 2.05) is 45.0 Å². The average molecular weight is 289 g/mol. The highest BCUT2D eigenvalue weighted by molar-refractivity contribution is 6.31. The topological polar surface area (TPSA) is 26.3 Å². The van der Waals surface area contributed by atoms with Gasteiger partial charge in [0.15, 0.2) is 12.4 Å². The summed E-state index contributed by atoms with van der Waals surface area (Å²) in [6.45, 7) is 5.84. The van der Waals surface area contributed by atoms with E-state index >= 15 is 0 Å². The van der Waals surface area contributed by atoms with Crippen LogP contribution in [-0.2, 0) is 0 Å². The van der Waals surface area contributed by atoms with Crippen molar-refractivity contribution in [2.24, 2.45) is 0 Å². The van der Waals surface area contributed by atoms with E-state index in [9.17, 15) is 4.79 Å². The molecular weight excluding hydrogens is 272 g/mol. The molecular formula is C17H17ClO2. The lowest BCUT2D eigenvalue weighted by molar-refractivity contribution is 0.0921. The first-order chi connectivity index (χ1) is 9.47. The first-order valence-corrected chi connectivity index (χ1v) is 6.84. The van der Waals surface area contributed by atoms with Crippen LogP contribution in [0.2, 0.25) is 5.02 Å². The van der Waals surface area contributed by atoms with Gasteiger partial charge in [0.2, 0.25) is 0 Å². The third-order valence-corrected chi connectivity index (χ3v) is 3.62. The molecule has 0 aliphatic carbocycles. The van der Waals surface area contributed by atoms with Crippen LogP contribution in [0.1, 0.15) is 27.0 Å². The van der Waals surface area contributed by atoms with Crippen LogP contribution in [0.3, 0.4) is 0 Å². The lowest BCUT2D eigenvalue weighted by Crippen LogP contribution is -2.13. The molecule has 0 spiro atoms. The van der Waals surface area contributed by atoms with E-state index in [1.165, 1.54) is 0 Å². The van der Waals surface area contributed by atoms with Crippen LogP contribution in [0.5, 0.6) is 5.75 Å². The molecule has 0 unspecified atom stereocenters. The Bertz CT molecular complexity index is 647. The van der Waals surface area contributed by atoms with Crippen molar-refractivity contribution < 1.29 is 9.53 Å². The van der Waals surface area contributed by atoms with Gasteiger partial charge in [-0.1, -0.05) is 29.3 Å². The molecule has 0 aliphatic rings. The van der Waals surface area contributed by atoms with Gasteiger partial charge in [-0.25, -0.2) is 0 Å². The number of hydrogen-bond acceptors (Lipinski definition) is 2. The Balaban J connectivity index is 2.08. The predicted octanol–water partition coefficient (Wildman–Crippen LogP) is 4.53. The minimum atomic E-state index is -0.0150. The summed E-state index contributed by atoms with van der Waals surface area (Å²) in [6, 6.07) is 11.2. The molecule has 0 saturated heterocycles. The lowest BCUT2D eigenvalue weighted by Gasteiger charge is -2.09. The molecule has 2 rings (SSSR count). The number of benzene rings is 2. The number of Topliss-reactive ketones (excluding diaryl/α,β-unsaturated/α-hetero) is 1. The monoisotopic (exact) mass is 288 g/mol. The third kappa shape index (κ3) is 3.40. The lowest BCUT2D eigenvalue weighted by atomic mass is 10.0. The van der Waals surface area contributed by atoms with Crippen LogP contribution < -0.4 is 4.74 Å². The molecule has 0 bridgehead atoms. The summed E-state index contributed by atoms with van der Waals surface area (Å²) in [5, 5.41) is 0.693. The van der Waals surface area contributed by atoms with Crippen molar-refractivity contribution in [3.05, 3.63) is 63.7 Å². The number of carbonyl (C=O) groups is 1. The van der Waals surface area contributed by atoms with Crippen LogP contribution in [0.25, 0.3) is 0 Å². The maximum Gasteiger partial charge on any atom is 0.200 e. The summed E-state index contributed by atoms with van der Waals surface area (Å²) in [6.07, 6.45) is 0. The van der Waals surface area contributed by atoms with Gasteiger partial charge in [-0.3, -0.25) is 4.79 Å². The Kier molecular flexibility index (Phi) is 4.46. The van der Waals surface area contributed by atoms with Crippen molar-refractivity contribution in [2.45, 2.75) is 20.8 Å². The van der Waals surface area contributed by atoms with Crippen molar-refractivity contribution >= 4 is 17.4 Å². The minimum Gasteiger partial charge on any atom is -0.485 e. The largest absolute Gasteiger partial charge is 0.485 e. The van der Waals surface area contributed by atoms with Gasteiger partial charge in [0, 0.05) is 10.6 Å². The Morgan fingerprint density at radius 1 is 1.05 bits per heavy atom. The molecule has 0 radical (unpaired) electrons. The van der Waals surface area contributed by atoms with Crippen LogP contribution in [-0.4, -0.2) is 12.4 Å². The van der Waals surface area contributed by atoms with E-state index in [0.717, 1.165) is 22.3 Å². The van der Waals surface area contributed by atoms with Crippen LogP contribution in [0, 0.1) is 20.8 Å². The van der Waals surface area contributed by atoms with E-state index < -0.39 is 0 Å². The number of rotatable bonds is 4. The summed E-state index contributed by atoms with van der Waals surface area (Å²) in [4.78, 5) is 12.2. The van der Waals surface area contributed by atoms with Crippen LogP contribution >= 0.6 is 11.6 Å². The SMILES string of the molecule is Cc1ccc(C)c(C(=O)COc2ccc(Cl)c(C)c2)c1. The number of hydrogen-bond donors (Lipinski definition) is 0. The molecule has 0 aromatic heterocycles. The van der Waals surface area contributed by atoms with Gasteiger partial charge in [-0.15, -0.1) is 0 Å². The fourth-order valence-corrected chi connectivity index (χ4v) is 2.09. The quantitative estimate of drug-likeness (QED) is 0.773. The summed E-state index contributed by atoms with van der Waals surface area (Å²) < 4.78 is 5.54. The summed E-state index contributed by atoms with van der Waals surface area (Å²) in [5.74, 6) is 0.643. The second kappa shape index (κ2) is 6.10. The van der Waals surface area contributed by atoms with E-state index in [1.54, 1.807) is 12.1 Å². The molecule has 20 heavy (non-hydrogen) atoms. The van der Waals surface area contributed by atoms with Gasteiger partial charge >= 0.3 is 0 Å². The molecule has 0 amide bonds. The molecule has 0 heterocycles. The Morgan fingerprint density at radius 3 is 2.50 bits per heavy atom. The van der Waals surface area contributed by atoms with Gasteiger partial charge in [0.1, 0.15) is 5.75 Å². The van der Waals surface area contributed by atoms with Gasteiger partial charge in [-0.05, 0) is 56.2 Å². The first kappa shape index (κ1) is 14.6. The Morgan fingerprint density at radius 2 is 1.80 bits per heavy atom. The fraction of sp³-hybridized carbons (Fsp3) is 0.235. The van der Waals surface area contributed by atoms with Crippen molar-refractivity contribution in [1.29, 1.82) is 0 Å². The van der Waals surface area contributed by atoms with E-state index in [0.29, 0.717) is 10.8 Å². The molecule has 104 valence electrons. The molecule has 0 saturated carbocycles. The van der Waals surface area contributed by atoms with Gasteiger partial charge in [0.25, 0.3) is 0 Å². The van der Waals surface area contributed by atoms with Crippen LogP contribution in [0.4, 0.5) is 0 Å². The Hall–Kier alpha value is -1.80. The van der Waals surface area contributed by atoms with Gasteiger partial charge in [-0.2, -0.15) is 0 Å². The zero-order valence-corrected chi connectivity index (χ0v) is 12.6. The third-order valence-electron chi connectivity index (χ3n) is 3.19. The van der Waals surface area contributed by atoms with Crippen LogP contribution in [0.15, 0.2) is 36.4 Å². The van der Waals surface area contributed by atoms with E-state index in [2.05, 4.69) is 0 Å². The zero-order chi connectivity index (χ0) is 14.7. The van der Waals surface area contributed by atoms with Crippen molar-refractivity contribution in [2.75, 3.05) is 6.61 Å². The average Bonchev–Trinajstić information content (AvgIpc) is 2.42. The van der Waals surface area contributed by atoms with Crippen molar-refractivity contribution in [3.8, 4) is 5.75 Å². The van der Waals surface area contributed by atoms with Crippen molar-refractivity contribution in [3.63, 3.8) is 0 Å². The van der Waals surface area contributed by atoms with E-state index in [4.69, 9.17) is 16.3 Å². The first-order valence-electron chi connectivity index (χ1n) is 6.47. The predicted molar refractivity (Wildman–Crippen MR) is 81.9 cm³/mol. The molecule has 0 fully saturated rings. The zero-order valence-electron chi connectivity index (χ0n) is 11.9. The maximum atomic E-state index is 12.2. The second-order valence-electron chi connectivity index (χ2n) is 4.94. The summed E-state index contributed by atoms with van der Waals surface area (Å²) >= 11 is 5.95. The summed E-state index contributed by atoms with van der Waals surface area (Å²) in [7, 11) is 0. The molecule has 2 nitrogen and oxygen atoms in total. The highest BCUT2D eigenvalue weighted by atomic mass is 35.5. The second-order valence-corrected chi connectivity index (χ2v) is 5.35. The highest BCUT2D eigenvalue weighted by Gasteiger charge is 2.10. The summed E-state index contributed by atoms with van der Waals surface area (Å²) in [5.41, 5.74) is 3.69. The molecule has 0 atom stereocenters. The van der Waals surface area contributed by atoms with E-state index in [-0.39, 0.29) is 12.4 Å². The molecule has 0 aliphatic heterocycles. The number of ketones is 1. The fourth-order valence-electron chi connectivity index (χ4n) is 1.97. The standard InChI is InChI=1S/C17H17ClO2/c1-11-4-5-12(2)15(8-11)17(19)10-20-14-6-7-16(18)13(3)9-14/h4-9H,10H2,1-3H3.